The summed E-state index contributed by atoms with van der Waals surface area (Å²) < 4.78 is 0. The summed E-state index contributed by atoms with van der Waals surface area (Å²) in [6, 6.07) is 8.86. The molecule has 1 aromatic rings. The number of benzene rings is 1. The number of rotatable bonds is 5. The Morgan fingerprint density at radius 2 is 1.72 bits per heavy atom. The van der Waals surface area contributed by atoms with Gasteiger partial charge >= 0.3 is 0 Å². The van der Waals surface area contributed by atoms with Gasteiger partial charge in [-0.25, -0.2) is 0 Å². The maximum absolute atomic E-state index is 3.52. The standard InChI is InChI=1S/C16H26N2/c1-14(2)15-6-8-16(9-7-15)17-10-13-18-11-4-3-5-12-18/h6-9,14,17H,3-5,10-13H2,1-2H3. The van der Waals surface area contributed by atoms with Crippen LogP contribution >= 0.6 is 0 Å². The number of nitrogens with zero attached hydrogens (tertiary/aromatic N) is 1. The van der Waals surface area contributed by atoms with E-state index in [1.54, 1.807) is 0 Å². The van der Waals surface area contributed by atoms with Gasteiger partial charge in [-0.05, 0) is 49.5 Å². The van der Waals surface area contributed by atoms with Crippen LogP contribution in [0.2, 0.25) is 0 Å². The Bertz CT molecular complexity index is 337. The molecule has 0 saturated carbocycles. The topological polar surface area (TPSA) is 15.3 Å². The van der Waals surface area contributed by atoms with Crippen molar-refractivity contribution < 1.29 is 0 Å². The fourth-order valence-electron chi connectivity index (χ4n) is 2.53. The lowest BCUT2D eigenvalue weighted by molar-refractivity contribution is 0.237. The Kier molecular flexibility index (Phi) is 5.06. The molecule has 0 amide bonds. The molecule has 0 radical (unpaired) electrons. The molecule has 1 aliphatic rings. The molecule has 1 saturated heterocycles. The first kappa shape index (κ1) is 13.4. The van der Waals surface area contributed by atoms with Crippen molar-refractivity contribution in [1.29, 1.82) is 0 Å². The molecule has 1 N–H and O–H groups in total. The fourth-order valence-corrected chi connectivity index (χ4v) is 2.53. The minimum Gasteiger partial charge on any atom is -0.384 e. The molecule has 0 bridgehead atoms. The molecular formula is C16H26N2. The molecule has 0 unspecified atom stereocenters. The van der Waals surface area contributed by atoms with E-state index in [1.807, 2.05) is 0 Å². The SMILES string of the molecule is CC(C)c1ccc(NCCN2CCCCC2)cc1. The third kappa shape index (κ3) is 4.02. The summed E-state index contributed by atoms with van der Waals surface area (Å²) in [7, 11) is 0. The van der Waals surface area contributed by atoms with Crippen molar-refractivity contribution in [3.63, 3.8) is 0 Å². The third-order valence-corrected chi connectivity index (χ3v) is 3.78. The predicted octanol–water partition coefficient (Wildman–Crippen LogP) is 3.71. The molecule has 2 nitrogen and oxygen atoms in total. The zero-order chi connectivity index (χ0) is 12.8. The lowest BCUT2D eigenvalue weighted by atomic mass is 10.0. The molecule has 0 aliphatic carbocycles. The molecule has 1 aliphatic heterocycles. The molecule has 18 heavy (non-hydrogen) atoms. The second-order valence-corrected chi connectivity index (χ2v) is 5.61. The van der Waals surface area contributed by atoms with Gasteiger partial charge in [0.05, 0.1) is 0 Å². The van der Waals surface area contributed by atoms with E-state index in [1.165, 1.54) is 50.1 Å². The largest absolute Gasteiger partial charge is 0.384 e. The van der Waals surface area contributed by atoms with E-state index in [-0.39, 0.29) is 0 Å². The van der Waals surface area contributed by atoms with Crippen LogP contribution in [0.5, 0.6) is 0 Å². The van der Waals surface area contributed by atoms with Crippen molar-refractivity contribution in [3.05, 3.63) is 29.8 Å². The monoisotopic (exact) mass is 246 g/mol. The second-order valence-electron chi connectivity index (χ2n) is 5.61. The van der Waals surface area contributed by atoms with Gasteiger partial charge in [0.1, 0.15) is 0 Å². The van der Waals surface area contributed by atoms with Crippen LogP contribution in [0, 0.1) is 0 Å². The Morgan fingerprint density at radius 1 is 1.06 bits per heavy atom. The minimum atomic E-state index is 0.618. The molecule has 2 rings (SSSR count). The van der Waals surface area contributed by atoms with Gasteiger partial charge in [0, 0.05) is 18.8 Å². The highest BCUT2D eigenvalue weighted by Crippen LogP contribution is 2.17. The maximum Gasteiger partial charge on any atom is 0.0340 e. The van der Waals surface area contributed by atoms with Crippen LogP contribution in [0.4, 0.5) is 5.69 Å². The van der Waals surface area contributed by atoms with Gasteiger partial charge in [-0.15, -0.1) is 0 Å². The smallest absolute Gasteiger partial charge is 0.0340 e. The summed E-state index contributed by atoms with van der Waals surface area (Å²) in [5.41, 5.74) is 2.66. The van der Waals surface area contributed by atoms with Crippen LogP contribution < -0.4 is 5.32 Å². The average Bonchev–Trinajstić information content (AvgIpc) is 2.40. The number of likely N-dealkylation sites (tertiary alicyclic amines) is 1. The molecule has 1 heterocycles. The first-order valence-corrected chi connectivity index (χ1v) is 7.32. The number of piperidine rings is 1. The van der Waals surface area contributed by atoms with Crippen LogP contribution in [0.3, 0.4) is 0 Å². The van der Waals surface area contributed by atoms with E-state index < -0.39 is 0 Å². The van der Waals surface area contributed by atoms with Crippen LogP contribution in [-0.2, 0) is 0 Å². The quantitative estimate of drug-likeness (QED) is 0.852. The Hall–Kier alpha value is -1.02. The zero-order valence-corrected chi connectivity index (χ0v) is 11.8. The first-order chi connectivity index (χ1) is 8.75. The Morgan fingerprint density at radius 3 is 2.33 bits per heavy atom. The van der Waals surface area contributed by atoms with E-state index in [0.29, 0.717) is 5.92 Å². The van der Waals surface area contributed by atoms with Gasteiger partial charge < -0.3 is 10.2 Å². The zero-order valence-electron chi connectivity index (χ0n) is 11.8. The second kappa shape index (κ2) is 6.79. The molecule has 100 valence electrons. The Labute approximate surface area is 111 Å². The predicted molar refractivity (Wildman–Crippen MR) is 79.3 cm³/mol. The van der Waals surface area contributed by atoms with Crippen molar-refractivity contribution in [2.24, 2.45) is 0 Å². The highest BCUT2D eigenvalue weighted by molar-refractivity contribution is 5.45. The van der Waals surface area contributed by atoms with E-state index >= 15 is 0 Å². The van der Waals surface area contributed by atoms with Crippen LogP contribution in [-0.4, -0.2) is 31.1 Å². The van der Waals surface area contributed by atoms with Gasteiger partial charge in [-0.1, -0.05) is 32.4 Å². The first-order valence-electron chi connectivity index (χ1n) is 7.32. The molecule has 1 aromatic carbocycles. The fraction of sp³-hybridized carbons (Fsp3) is 0.625. The normalized spacial score (nSPS) is 17.1. The molecule has 2 heteroatoms. The van der Waals surface area contributed by atoms with E-state index in [9.17, 15) is 0 Å². The summed E-state index contributed by atoms with van der Waals surface area (Å²) in [5, 5.41) is 3.52. The molecule has 0 spiro atoms. The summed E-state index contributed by atoms with van der Waals surface area (Å²) in [4.78, 5) is 2.57. The third-order valence-electron chi connectivity index (χ3n) is 3.78. The van der Waals surface area contributed by atoms with Crippen LogP contribution in [0.1, 0.15) is 44.6 Å². The maximum atomic E-state index is 3.52. The van der Waals surface area contributed by atoms with Gasteiger partial charge in [-0.2, -0.15) is 0 Å². The van der Waals surface area contributed by atoms with Gasteiger partial charge in [0.25, 0.3) is 0 Å². The Balaban J connectivity index is 1.72. The van der Waals surface area contributed by atoms with Crippen molar-refractivity contribution in [1.82, 2.24) is 4.90 Å². The van der Waals surface area contributed by atoms with E-state index in [4.69, 9.17) is 0 Å². The van der Waals surface area contributed by atoms with Crippen LogP contribution in [0.15, 0.2) is 24.3 Å². The number of hydrogen-bond donors (Lipinski definition) is 1. The number of anilines is 1. The molecule has 0 atom stereocenters. The lowest BCUT2D eigenvalue weighted by Crippen LogP contribution is -2.33. The minimum absolute atomic E-state index is 0.618. The summed E-state index contributed by atoms with van der Waals surface area (Å²) in [6.45, 7) is 9.27. The number of nitrogens with one attached hydrogen (secondary N) is 1. The highest BCUT2D eigenvalue weighted by atomic mass is 15.1. The lowest BCUT2D eigenvalue weighted by Gasteiger charge is -2.26. The van der Waals surface area contributed by atoms with E-state index in [2.05, 4.69) is 48.3 Å². The molecular weight excluding hydrogens is 220 g/mol. The molecule has 0 aromatic heterocycles. The van der Waals surface area contributed by atoms with E-state index in [0.717, 1.165) is 6.54 Å². The molecule has 1 fully saturated rings. The van der Waals surface area contributed by atoms with Crippen molar-refractivity contribution >= 4 is 5.69 Å². The summed E-state index contributed by atoms with van der Waals surface area (Å²) in [6.07, 6.45) is 4.17. The average molecular weight is 246 g/mol. The van der Waals surface area contributed by atoms with Crippen molar-refractivity contribution in [3.8, 4) is 0 Å². The van der Waals surface area contributed by atoms with Crippen LogP contribution in [0.25, 0.3) is 0 Å². The summed E-state index contributed by atoms with van der Waals surface area (Å²) in [5.74, 6) is 0.618. The number of hydrogen-bond acceptors (Lipinski definition) is 2. The van der Waals surface area contributed by atoms with Gasteiger partial charge in [0.15, 0.2) is 0 Å². The van der Waals surface area contributed by atoms with Gasteiger partial charge in [-0.3, -0.25) is 0 Å². The van der Waals surface area contributed by atoms with Crippen molar-refractivity contribution in [2.75, 3.05) is 31.5 Å². The van der Waals surface area contributed by atoms with Gasteiger partial charge in [0.2, 0.25) is 0 Å². The highest BCUT2D eigenvalue weighted by Gasteiger charge is 2.08. The van der Waals surface area contributed by atoms with Crippen molar-refractivity contribution in [2.45, 2.75) is 39.0 Å². The summed E-state index contributed by atoms with van der Waals surface area (Å²) >= 11 is 0.